The quantitative estimate of drug-likeness (QED) is 0.190. The van der Waals surface area contributed by atoms with Crippen LogP contribution in [0.2, 0.25) is 0 Å². The molecule has 4 heteroatoms. The van der Waals surface area contributed by atoms with E-state index in [2.05, 4.69) is 128 Å². The van der Waals surface area contributed by atoms with Gasteiger partial charge >= 0.3 is 0 Å². The average Bonchev–Trinajstić information content (AvgIpc) is 3.41. The average molecular weight is 629 g/mol. The van der Waals surface area contributed by atoms with E-state index in [1.54, 1.807) is 6.20 Å². The molecule has 0 atom stereocenters. The number of pyridine rings is 1. The Labute approximate surface area is 285 Å². The number of benzene rings is 6. The molecule has 1 aliphatic carbocycles. The fourth-order valence-electron chi connectivity index (χ4n) is 7.22. The highest BCUT2D eigenvalue weighted by Crippen LogP contribution is 2.52. The van der Waals surface area contributed by atoms with Crippen LogP contribution in [-0.2, 0) is 5.41 Å². The number of rotatable bonds is 5. The number of fused-ring (bicyclic) bond motifs is 5. The highest BCUT2D eigenvalue weighted by molar-refractivity contribution is 6.02. The monoisotopic (exact) mass is 628 g/mol. The Morgan fingerprint density at radius 3 is 1.82 bits per heavy atom. The predicted molar refractivity (Wildman–Crippen MR) is 200 cm³/mol. The molecule has 0 saturated heterocycles. The molecule has 9 rings (SSSR count). The van der Waals surface area contributed by atoms with E-state index in [0.29, 0.717) is 17.5 Å². The van der Waals surface area contributed by atoms with Gasteiger partial charge in [-0.15, -0.1) is 0 Å². The maximum atomic E-state index is 5.04. The van der Waals surface area contributed by atoms with Crippen molar-refractivity contribution in [2.75, 3.05) is 0 Å². The van der Waals surface area contributed by atoms with Gasteiger partial charge in [-0.2, -0.15) is 0 Å². The van der Waals surface area contributed by atoms with Gasteiger partial charge in [0.1, 0.15) is 0 Å². The summed E-state index contributed by atoms with van der Waals surface area (Å²) >= 11 is 0. The molecule has 0 amide bonds. The van der Waals surface area contributed by atoms with Crippen molar-refractivity contribution in [3.8, 4) is 67.5 Å². The van der Waals surface area contributed by atoms with Gasteiger partial charge in [0.05, 0.1) is 0 Å². The summed E-state index contributed by atoms with van der Waals surface area (Å²) in [5, 5.41) is 2.59. The zero-order valence-electron chi connectivity index (χ0n) is 27.3. The molecule has 49 heavy (non-hydrogen) atoms. The minimum absolute atomic E-state index is 0.109. The molecule has 6 aromatic carbocycles. The van der Waals surface area contributed by atoms with Crippen molar-refractivity contribution in [3.63, 3.8) is 0 Å². The van der Waals surface area contributed by atoms with Gasteiger partial charge in [0.15, 0.2) is 17.5 Å². The van der Waals surface area contributed by atoms with Gasteiger partial charge in [-0.25, -0.2) is 15.0 Å². The Hall–Kier alpha value is -6.26. The summed E-state index contributed by atoms with van der Waals surface area (Å²) in [5.74, 6) is 1.92. The normalized spacial score (nSPS) is 12.9. The van der Waals surface area contributed by atoms with Crippen molar-refractivity contribution in [2.45, 2.75) is 19.3 Å². The van der Waals surface area contributed by atoms with E-state index in [1.807, 2.05) is 42.6 Å². The lowest BCUT2D eigenvalue weighted by Crippen LogP contribution is -2.15. The number of aromatic nitrogens is 4. The summed E-state index contributed by atoms with van der Waals surface area (Å²) < 4.78 is 0. The van der Waals surface area contributed by atoms with Crippen LogP contribution < -0.4 is 0 Å². The first-order valence-corrected chi connectivity index (χ1v) is 16.6. The van der Waals surface area contributed by atoms with Crippen LogP contribution in [0.3, 0.4) is 0 Å². The molecule has 0 bridgehead atoms. The van der Waals surface area contributed by atoms with Crippen LogP contribution in [0.5, 0.6) is 0 Å². The maximum absolute atomic E-state index is 5.04. The van der Waals surface area contributed by atoms with Gasteiger partial charge < -0.3 is 0 Å². The van der Waals surface area contributed by atoms with Gasteiger partial charge in [-0.1, -0.05) is 141 Å². The Kier molecular flexibility index (Phi) is 6.77. The molecule has 1 aliphatic rings. The van der Waals surface area contributed by atoms with Crippen molar-refractivity contribution >= 4 is 10.8 Å². The summed E-state index contributed by atoms with van der Waals surface area (Å²) in [6.45, 7) is 4.68. The summed E-state index contributed by atoms with van der Waals surface area (Å²) in [5.41, 5.74) is 12.6. The second-order valence-electron chi connectivity index (χ2n) is 13.2. The van der Waals surface area contributed by atoms with Crippen molar-refractivity contribution in [2.24, 2.45) is 0 Å². The lowest BCUT2D eigenvalue weighted by Gasteiger charge is -2.22. The number of hydrogen-bond donors (Lipinski definition) is 0. The lowest BCUT2D eigenvalue weighted by molar-refractivity contribution is 0.661. The number of hydrogen-bond acceptors (Lipinski definition) is 4. The largest absolute Gasteiger partial charge is 0.264 e. The molecule has 0 N–H and O–H groups in total. The second kappa shape index (κ2) is 11.5. The van der Waals surface area contributed by atoms with Gasteiger partial charge in [-0.05, 0) is 73.5 Å². The first-order chi connectivity index (χ1) is 24.0. The molecule has 2 aromatic heterocycles. The maximum Gasteiger partial charge on any atom is 0.164 e. The van der Waals surface area contributed by atoms with E-state index in [-0.39, 0.29) is 5.41 Å². The first kappa shape index (κ1) is 28.9. The Bertz CT molecular complexity index is 2500. The molecular formula is C45H32N4. The van der Waals surface area contributed by atoms with Crippen LogP contribution in [0.4, 0.5) is 0 Å². The Morgan fingerprint density at radius 1 is 0.429 bits per heavy atom. The van der Waals surface area contributed by atoms with Gasteiger partial charge in [0, 0.05) is 34.5 Å². The van der Waals surface area contributed by atoms with Crippen LogP contribution in [0.15, 0.2) is 158 Å². The molecule has 0 saturated carbocycles. The van der Waals surface area contributed by atoms with Crippen molar-refractivity contribution in [3.05, 3.63) is 169 Å². The van der Waals surface area contributed by atoms with E-state index >= 15 is 0 Å². The fraction of sp³-hybridized carbons (Fsp3) is 0.0667. The zero-order chi connectivity index (χ0) is 33.0. The Morgan fingerprint density at radius 2 is 1.04 bits per heavy atom. The molecule has 0 spiro atoms. The van der Waals surface area contributed by atoms with Gasteiger partial charge in [-0.3, -0.25) is 4.98 Å². The molecular weight excluding hydrogens is 597 g/mol. The third-order valence-corrected chi connectivity index (χ3v) is 9.82. The Balaban J connectivity index is 1.13. The standard InChI is InChI=1S/C45H32N4/c1-45(2)39-24-22-30-10-6-7-16-37(30)41(39)38-23-21-34(27-40(38)45)33-13-8-14-35(26-33)44-48-42(31-11-4-3-5-12-31)47-43(49-44)32-19-17-29(18-20-32)36-15-9-25-46-28-36/h3-28H,1-2H3. The first-order valence-electron chi connectivity index (χ1n) is 16.6. The van der Waals surface area contributed by atoms with Crippen LogP contribution in [0, 0.1) is 0 Å². The third-order valence-electron chi connectivity index (χ3n) is 9.82. The molecule has 4 nitrogen and oxygen atoms in total. The molecule has 0 aliphatic heterocycles. The lowest BCUT2D eigenvalue weighted by atomic mass is 9.81. The highest BCUT2D eigenvalue weighted by atomic mass is 15.0. The van der Waals surface area contributed by atoms with Crippen LogP contribution >= 0.6 is 0 Å². The summed E-state index contributed by atoms with van der Waals surface area (Å²) in [6.07, 6.45) is 3.66. The molecule has 0 fully saturated rings. The molecule has 0 unspecified atom stereocenters. The van der Waals surface area contributed by atoms with Crippen molar-refractivity contribution in [1.29, 1.82) is 0 Å². The van der Waals surface area contributed by atoms with E-state index in [1.165, 1.54) is 38.6 Å². The highest BCUT2D eigenvalue weighted by Gasteiger charge is 2.36. The number of nitrogens with zero attached hydrogens (tertiary/aromatic N) is 4. The van der Waals surface area contributed by atoms with E-state index < -0.39 is 0 Å². The van der Waals surface area contributed by atoms with Crippen LogP contribution in [0.25, 0.3) is 78.3 Å². The summed E-state index contributed by atoms with van der Waals surface area (Å²) in [7, 11) is 0. The van der Waals surface area contributed by atoms with Crippen molar-refractivity contribution in [1.82, 2.24) is 19.9 Å². The van der Waals surface area contributed by atoms with Crippen LogP contribution in [-0.4, -0.2) is 19.9 Å². The molecule has 0 radical (unpaired) electrons. The molecule has 232 valence electrons. The minimum atomic E-state index is -0.109. The van der Waals surface area contributed by atoms with E-state index in [9.17, 15) is 0 Å². The fourth-order valence-corrected chi connectivity index (χ4v) is 7.22. The molecule has 8 aromatic rings. The summed E-state index contributed by atoms with van der Waals surface area (Å²) in [4.78, 5) is 19.3. The molecule has 2 heterocycles. The topological polar surface area (TPSA) is 51.6 Å². The smallest absolute Gasteiger partial charge is 0.164 e. The van der Waals surface area contributed by atoms with Gasteiger partial charge in [0.25, 0.3) is 0 Å². The van der Waals surface area contributed by atoms with E-state index in [4.69, 9.17) is 15.0 Å². The van der Waals surface area contributed by atoms with Crippen LogP contribution in [0.1, 0.15) is 25.0 Å². The predicted octanol–water partition coefficient (Wildman–Crippen LogP) is 11.1. The SMILES string of the molecule is CC1(C)c2cc(-c3cccc(-c4nc(-c5ccccc5)nc(-c5ccc(-c6cccnc6)cc5)n4)c3)ccc2-c2c1ccc1ccccc21. The zero-order valence-corrected chi connectivity index (χ0v) is 27.3. The minimum Gasteiger partial charge on any atom is -0.264 e. The van der Waals surface area contributed by atoms with Gasteiger partial charge in [0.2, 0.25) is 0 Å². The summed E-state index contributed by atoms with van der Waals surface area (Å²) in [6, 6.07) is 51.2. The van der Waals surface area contributed by atoms with E-state index in [0.717, 1.165) is 33.4 Å². The van der Waals surface area contributed by atoms with Crippen molar-refractivity contribution < 1.29 is 0 Å². The second-order valence-corrected chi connectivity index (χ2v) is 13.2. The third kappa shape index (κ3) is 5.01.